The minimum atomic E-state index is -0.386. The highest BCUT2D eigenvalue weighted by Gasteiger charge is 2.20. The number of nitrogens with one attached hydrogen (secondary N) is 4. The number of anilines is 3. The number of hydrogen-bond acceptors (Lipinski definition) is 6. The first-order valence-corrected chi connectivity index (χ1v) is 13.6. The molecule has 41 heavy (non-hydrogen) atoms. The number of carbonyl (C=O) groups is 4. The summed E-state index contributed by atoms with van der Waals surface area (Å²) in [5.74, 6) is -0.973. The third-order valence-corrected chi connectivity index (χ3v) is 6.89. The van der Waals surface area contributed by atoms with Crippen molar-refractivity contribution in [2.45, 2.75) is 26.3 Å². The Morgan fingerprint density at radius 1 is 0.854 bits per heavy atom. The highest BCUT2D eigenvalue weighted by atomic mass is 16.5. The quantitative estimate of drug-likeness (QED) is 0.196. The highest BCUT2D eigenvalue weighted by molar-refractivity contribution is 6.07. The van der Waals surface area contributed by atoms with Crippen molar-refractivity contribution < 1.29 is 23.9 Å². The number of aryl methyl sites for hydroxylation is 2. The van der Waals surface area contributed by atoms with Gasteiger partial charge in [-0.3, -0.25) is 24.1 Å². The minimum absolute atomic E-state index is 0.0607. The number of hydrogen-bond donors (Lipinski definition) is 4. The summed E-state index contributed by atoms with van der Waals surface area (Å²) in [4.78, 5) is 52.0. The van der Waals surface area contributed by atoms with Crippen LogP contribution in [-0.4, -0.2) is 82.1 Å². The first kappa shape index (κ1) is 29.6. The Labute approximate surface area is 238 Å². The molecule has 3 aromatic rings. The summed E-state index contributed by atoms with van der Waals surface area (Å²) >= 11 is 0. The van der Waals surface area contributed by atoms with E-state index in [4.69, 9.17) is 4.74 Å². The number of aromatic nitrogens is 3. The van der Waals surface area contributed by atoms with Crippen LogP contribution in [0.2, 0.25) is 0 Å². The monoisotopic (exact) mass is 566 g/mol. The van der Waals surface area contributed by atoms with Gasteiger partial charge < -0.3 is 39.7 Å². The van der Waals surface area contributed by atoms with Crippen LogP contribution in [0.25, 0.3) is 0 Å². The molecule has 4 rings (SSSR count). The van der Waals surface area contributed by atoms with Crippen LogP contribution in [0, 0.1) is 0 Å². The Hall–Kier alpha value is -4.36. The van der Waals surface area contributed by atoms with Crippen LogP contribution in [0.1, 0.15) is 57.8 Å². The zero-order valence-corrected chi connectivity index (χ0v) is 23.9. The van der Waals surface area contributed by atoms with E-state index >= 15 is 0 Å². The van der Waals surface area contributed by atoms with Gasteiger partial charge in [-0.15, -0.1) is 0 Å². The third kappa shape index (κ3) is 7.44. The van der Waals surface area contributed by atoms with Crippen LogP contribution in [0.4, 0.5) is 17.1 Å². The van der Waals surface area contributed by atoms with Gasteiger partial charge in [-0.25, -0.2) is 0 Å². The molecular weight excluding hydrogens is 528 g/mol. The van der Waals surface area contributed by atoms with Gasteiger partial charge in [-0.1, -0.05) is 0 Å². The van der Waals surface area contributed by atoms with Crippen molar-refractivity contribution in [3.8, 4) is 0 Å². The fourth-order valence-corrected chi connectivity index (χ4v) is 4.76. The van der Waals surface area contributed by atoms with E-state index < -0.39 is 0 Å². The maximum Gasteiger partial charge on any atom is 0.272 e. The Morgan fingerprint density at radius 2 is 1.41 bits per heavy atom. The van der Waals surface area contributed by atoms with Crippen molar-refractivity contribution >= 4 is 41.2 Å². The number of rotatable bonds is 12. The Morgan fingerprint density at radius 3 is 2.07 bits per heavy atom. The molecule has 220 valence electrons. The number of carbonyl (C=O) groups excluding carboxylic acids is 4. The number of ether oxygens (including phenoxy) is 1. The molecule has 4 heterocycles. The molecule has 13 nitrogen and oxygen atoms in total. The molecule has 0 unspecified atom stereocenters. The topological polar surface area (TPSA) is 144 Å². The van der Waals surface area contributed by atoms with Crippen molar-refractivity contribution in [3.63, 3.8) is 0 Å². The second-order valence-corrected chi connectivity index (χ2v) is 10.3. The molecule has 1 aliphatic rings. The lowest BCUT2D eigenvalue weighted by molar-refractivity contribution is -0.105. The van der Waals surface area contributed by atoms with E-state index in [1.54, 1.807) is 64.6 Å². The molecular formula is C28H38N8O5. The van der Waals surface area contributed by atoms with Gasteiger partial charge in [0, 0.05) is 58.4 Å². The molecule has 1 aliphatic heterocycles. The molecule has 0 aliphatic carbocycles. The van der Waals surface area contributed by atoms with Gasteiger partial charge in [0.2, 0.25) is 6.41 Å². The van der Waals surface area contributed by atoms with Gasteiger partial charge in [-0.2, -0.15) is 0 Å². The van der Waals surface area contributed by atoms with Gasteiger partial charge in [0.05, 0.1) is 30.3 Å². The first-order chi connectivity index (χ1) is 19.7. The number of amides is 4. The van der Waals surface area contributed by atoms with E-state index in [0.29, 0.717) is 47.1 Å². The van der Waals surface area contributed by atoms with E-state index in [1.165, 1.54) is 0 Å². The van der Waals surface area contributed by atoms with Gasteiger partial charge in [0.1, 0.15) is 17.1 Å². The van der Waals surface area contributed by atoms with E-state index in [0.717, 1.165) is 39.3 Å². The van der Waals surface area contributed by atoms with Crippen LogP contribution in [0.5, 0.6) is 0 Å². The lowest BCUT2D eigenvalue weighted by Crippen LogP contribution is -2.38. The summed E-state index contributed by atoms with van der Waals surface area (Å²) in [5, 5.41) is 11.2. The fourth-order valence-electron chi connectivity index (χ4n) is 4.76. The van der Waals surface area contributed by atoms with Gasteiger partial charge in [0.25, 0.3) is 17.7 Å². The smallest absolute Gasteiger partial charge is 0.272 e. The summed E-state index contributed by atoms with van der Waals surface area (Å²) in [7, 11) is 3.45. The van der Waals surface area contributed by atoms with Crippen LogP contribution in [0.15, 0.2) is 36.8 Å². The molecule has 0 saturated carbocycles. The van der Waals surface area contributed by atoms with E-state index in [1.807, 2.05) is 13.8 Å². The number of morpholine rings is 1. The third-order valence-electron chi connectivity index (χ3n) is 6.89. The number of nitrogens with zero attached hydrogens (tertiary/aromatic N) is 4. The zero-order chi connectivity index (χ0) is 29.5. The molecule has 1 fully saturated rings. The van der Waals surface area contributed by atoms with Gasteiger partial charge >= 0.3 is 0 Å². The zero-order valence-electron chi connectivity index (χ0n) is 23.9. The lowest BCUT2D eigenvalue weighted by atomic mass is 10.3. The van der Waals surface area contributed by atoms with Crippen molar-refractivity contribution in [1.82, 2.24) is 23.9 Å². The standard InChI is InChI=1S/C28H38N8O5/c1-19(2)36-17-22(32-27(39)24-12-20(30-18-37)15-33(24)3)14-25(36)28(40)31-21-13-23(34(4)16-21)26(38)29-6-5-7-35-8-10-41-11-9-35/h12-19H,5-11H2,1-4H3,(H,29,38)(H,30,37)(H,31,40)(H,32,39). The van der Waals surface area contributed by atoms with Crippen LogP contribution in [-0.2, 0) is 23.6 Å². The molecule has 1 saturated heterocycles. The van der Waals surface area contributed by atoms with Crippen molar-refractivity contribution in [3.05, 3.63) is 53.9 Å². The summed E-state index contributed by atoms with van der Waals surface area (Å²) in [6.07, 6.45) is 6.39. The molecule has 0 atom stereocenters. The summed E-state index contributed by atoms with van der Waals surface area (Å²) < 4.78 is 10.4. The predicted molar refractivity (Wildman–Crippen MR) is 155 cm³/mol. The molecule has 4 amide bonds. The molecule has 0 aromatic carbocycles. The fraction of sp³-hybridized carbons (Fsp3) is 0.429. The van der Waals surface area contributed by atoms with Crippen molar-refractivity contribution in [2.24, 2.45) is 14.1 Å². The van der Waals surface area contributed by atoms with Crippen LogP contribution in [0.3, 0.4) is 0 Å². The van der Waals surface area contributed by atoms with Crippen LogP contribution >= 0.6 is 0 Å². The minimum Gasteiger partial charge on any atom is -0.379 e. The Kier molecular flexibility index (Phi) is 9.63. The summed E-state index contributed by atoms with van der Waals surface area (Å²) in [5.41, 5.74) is 2.56. The largest absolute Gasteiger partial charge is 0.379 e. The van der Waals surface area contributed by atoms with E-state index in [-0.39, 0.29) is 23.8 Å². The molecule has 0 bridgehead atoms. The predicted octanol–water partition coefficient (Wildman–Crippen LogP) is 2.27. The maximum absolute atomic E-state index is 13.3. The molecule has 4 N–H and O–H groups in total. The normalized spacial score (nSPS) is 13.7. The maximum atomic E-state index is 13.3. The molecule has 3 aromatic heterocycles. The second kappa shape index (κ2) is 13.3. The lowest BCUT2D eigenvalue weighted by Gasteiger charge is -2.26. The molecule has 13 heteroatoms. The van der Waals surface area contributed by atoms with Gasteiger partial charge in [-0.05, 0) is 45.0 Å². The Bertz CT molecular complexity index is 1400. The average Bonchev–Trinajstić information content (AvgIpc) is 3.64. The SMILES string of the molecule is CC(C)n1cc(NC(=O)c2cc(NC=O)cn2C)cc1C(=O)Nc1cc(C(=O)NCCCN2CCOCC2)n(C)c1. The van der Waals surface area contributed by atoms with E-state index in [9.17, 15) is 19.2 Å². The van der Waals surface area contributed by atoms with Crippen LogP contribution < -0.4 is 21.3 Å². The summed E-state index contributed by atoms with van der Waals surface area (Å²) in [6, 6.07) is 4.74. The van der Waals surface area contributed by atoms with Gasteiger partial charge in [0.15, 0.2) is 0 Å². The average molecular weight is 567 g/mol. The van der Waals surface area contributed by atoms with Crippen molar-refractivity contribution in [2.75, 3.05) is 55.3 Å². The van der Waals surface area contributed by atoms with E-state index in [2.05, 4.69) is 26.2 Å². The second-order valence-electron chi connectivity index (χ2n) is 10.3. The molecule has 0 spiro atoms. The summed E-state index contributed by atoms with van der Waals surface area (Å²) in [6.45, 7) is 8.64. The van der Waals surface area contributed by atoms with Crippen molar-refractivity contribution in [1.29, 1.82) is 0 Å². The first-order valence-electron chi connectivity index (χ1n) is 13.6. The Balaban J connectivity index is 1.38. The highest BCUT2D eigenvalue weighted by Crippen LogP contribution is 2.22. The molecule has 0 radical (unpaired) electrons.